The smallest absolute Gasteiger partial charge is 0.163 e. The average molecular weight is 380 g/mol. The van der Waals surface area contributed by atoms with Gasteiger partial charge in [-0.05, 0) is 37.6 Å². The lowest BCUT2D eigenvalue weighted by Gasteiger charge is -2.35. The van der Waals surface area contributed by atoms with Gasteiger partial charge in [0.05, 0.1) is 17.6 Å². The van der Waals surface area contributed by atoms with Crippen molar-refractivity contribution in [3.05, 3.63) is 42.1 Å². The first-order valence-electron chi connectivity index (χ1n) is 10.2. The van der Waals surface area contributed by atoms with Crippen LogP contribution in [-0.2, 0) is 7.05 Å². The maximum Gasteiger partial charge on any atom is 0.163 e. The third-order valence-electron chi connectivity index (χ3n) is 5.49. The highest BCUT2D eigenvalue weighted by Gasteiger charge is 2.23. The Balaban J connectivity index is 1.63. The standard InChI is InChI=1S/C21H29N7/c1-15(2)19-25-20(17-13-24-27(3)21(17)26-19)23-14-18(16-8-7-9-22-12-16)28-10-5-4-6-11-28/h7-9,12-13,15,18H,4-6,10-11,14H2,1-3H3,(H,23,25,26). The van der Waals surface area contributed by atoms with Crippen molar-refractivity contribution in [3.8, 4) is 0 Å². The summed E-state index contributed by atoms with van der Waals surface area (Å²) < 4.78 is 1.82. The highest BCUT2D eigenvalue weighted by molar-refractivity contribution is 5.86. The summed E-state index contributed by atoms with van der Waals surface area (Å²) >= 11 is 0. The molecule has 1 unspecified atom stereocenters. The fourth-order valence-electron chi connectivity index (χ4n) is 3.89. The molecule has 3 aromatic rings. The zero-order valence-electron chi connectivity index (χ0n) is 17.0. The lowest BCUT2D eigenvalue weighted by Crippen LogP contribution is -2.37. The van der Waals surface area contributed by atoms with Crippen LogP contribution < -0.4 is 5.32 Å². The maximum absolute atomic E-state index is 4.81. The van der Waals surface area contributed by atoms with E-state index in [-0.39, 0.29) is 12.0 Å². The van der Waals surface area contributed by atoms with Gasteiger partial charge in [-0.2, -0.15) is 5.10 Å². The van der Waals surface area contributed by atoms with Crippen LogP contribution in [0.1, 0.15) is 56.5 Å². The van der Waals surface area contributed by atoms with E-state index in [1.165, 1.54) is 24.8 Å². The van der Waals surface area contributed by atoms with Crippen LogP contribution in [0.2, 0.25) is 0 Å². The number of hydrogen-bond donors (Lipinski definition) is 1. The summed E-state index contributed by atoms with van der Waals surface area (Å²) in [6.45, 7) is 7.28. The SMILES string of the molecule is CC(C)c1nc(NCC(c2cccnc2)N2CCCCC2)c2cnn(C)c2n1. The van der Waals surface area contributed by atoms with Gasteiger partial charge in [-0.1, -0.05) is 26.3 Å². The molecule has 4 rings (SSSR count). The average Bonchev–Trinajstić information content (AvgIpc) is 3.11. The Labute approximate surface area is 166 Å². The van der Waals surface area contributed by atoms with Gasteiger partial charge < -0.3 is 5.32 Å². The molecule has 1 saturated heterocycles. The quantitative estimate of drug-likeness (QED) is 0.706. The van der Waals surface area contributed by atoms with Gasteiger partial charge in [0.15, 0.2) is 5.65 Å². The topological polar surface area (TPSA) is 71.8 Å². The normalized spacial score (nSPS) is 16.6. The number of nitrogens with one attached hydrogen (secondary N) is 1. The Morgan fingerprint density at radius 3 is 2.64 bits per heavy atom. The number of fused-ring (bicyclic) bond motifs is 1. The van der Waals surface area contributed by atoms with Gasteiger partial charge in [0.2, 0.25) is 0 Å². The Kier molecular flexibility index (Phi) is 5.52. The van der Waals surface area contributed by atoms with E-state index in [0.29, 0.717) is 0 Å². The molecule has 0 bridgehead atoms. The van der Waals surface area contributed by atoms with E-state index in [1.807, 2.05) is 36.4 Å². The van der Waals surface area contributed by atoms with E-state index in [4.69, 9.17) is 9.97 Å². The van der Waals surface area contributed by atoms with Crippen molar-refractivity contribution in [2.45, 2.75) is 45.1 Å². The number of aryl methyl sites for hydroxylation is 1. The monoisotopic (exact) mass is 379 g/mol. The molecule has 1 atom stereocenters. The summed E-state index contributed by atoms with van der Waals surface area (Å²) in [7, 11) is 1.93. The molecule has 0 spiro atoms. The van der Waals surface area contributed by atoms with Crippen molar-refractivity contribution < 1.29 is 0 Å². The van der Waals surface area contributed by atoms with Gasteiger partial charge in [0.25, 0.3) is 0 Å². The van der Waals surface area contributed by atoms with Crippen molar-refractivity contribution in [1.29, 1.82) is 0 Å². The van der Waals surface area contributed by atoms with Gasteiger partial charge in [-0.3, -0.25) is 14.6 Å². The van der Waals surface area contributed by atoms with E-state index in [1.54, 1.807) is 0 Å². The van der Waals surface area contributed by atoms with Crippen molar-refractivity contribution in [2.75, 3.05) is 25.0 Å². The first kappa shape index (κ1) is 18.8. The summed E-state index contributed by atoms with van der Waals surface area (Å²) in [5, 5.41) is 8.97. The fourth-order valence-corrected chi connectivity index (χ4v) is 3.89. The molecule has 0 aromatic carbocycles. The Bertz CT molecular complexity index is 913. The highest BCUT2D eigenvalue weighted by Crippen LogP contribution is 2.27. The molecule has 7 heteroatoms. The van der Waals surface area contributed by atoms with Crippen LogP contribution >= 0.6 is 0 Å². The zero-order valence-corrected chi connectivity index (χ0v) is 17.0. The molecular weight excluding hydrogens is 350 g/mol. The van der Waals surface area contributed by atoms with Crippen molar-refractivity contribution in [1.82, 2.24) is 29.6 Å². The number of aromatic nitrogens is 5. The summed E-state index contributed by atoms with van der Waals surface area (Å²) in [5.41, 5.74) is 2.12. The molecule has 1 aliphatic rings. The number of likely N-dealkylation sites (tertiary alicyclic amines) is 1. The molecular formula is C21H29N7. The lowest BCUT2D eigenvalue weighted by atomic mass is 10.0. The van der Waals surface area contributed by atoms with Crippen molar-refractivity contribution >= 4 is 16.9 Å². The zero-order chi connectivity index (χ0) is 19.5. The van der Waals surface area contributed by atoms with Crippen LogP contribution in [0.5, 0.6) is 0 Å². The van der Waals surface area contributed by atoms with E-state index in [2.05, 4.69) is 40.2 Å². The molecule has 0 radical (unpaired) electrons. The van der Waals surface area contributed by atoms with Gasteiger partial charge in [0, 0.05) is 31.9 Å². The molecule has 28 heavy (non-hydrogen) atoms. The Morgan fingerprint density at radius 2 is 1.93 bits per heavy atom. The largest absolute Gasteiger partial charge is 0.367 e. The van der Waals surface area contributed by atoms with Crippen LogP contribution in [-0.4, -0.2) is 49.3 Å². The van der Waals surface area contributed by atoms with Crippen LogP contribution in [0.4, 0.5) is 5.82 Å². The molecule has 0 amide bonds. The molecule has 0 aliphatic carbocycles. The predicted octanol–water partition coefficient (Wildman–Crippen LogP) is 3.52. The Hall–Kier alpha value is -2.54. The minimum absolute atomic E-state index is 0.260. The van der Waals surface area contributed by atoms with Crippen LogP contribution in [0, 0.1) is 0 Å². The molecule has 1 N–H and O–H groups in total. The van der Waals surface area contributed by atoms with E-state index in [9.17, 15) is 0 Å². The fraction of sp³-hybridized carbons (Fsp3) is 0.524. The minimum Gasteiger partial charge on any atom is -0.367 e. The second-order valence-corrected chi connectivity index (χ2v) is 7.87. The first-order chi connectivity index (χ1) is 13.6. The van der Waals surface area contributed by atoms with Crippen LogP contribution in [0.25, 0.3) is 11.0 Å². The maximum atomic E-state index is 4.81. The van der Waals surface area contributed by atoms with E-state index < -0.39 is 0 Å². The molecule has 1 aliphatic heterocycles. The second-order valence-electron chi connectivity index (χ2n) is 7.87. The minimum atomic E-state index is 0.260. The van der Waals surface area contributed by atoms with Crippen LogP contribution in [0.3, 0.4) is 0 Å². The molecule has 148 valence electrons. The van der Waals surface area contributed by atoms with Crippen molar-refractivity contribution in [2.24, 2.45) is 7.05 Å². The first-order valence-corrected chi connectivity index (χ1v) is 10.2. The summed E-state index contributed by atoms with van der Waals surface area (Å²) in [4.78, 5) is 16.4. The summed E-state index contributed by atoms with van der Waals surface area (Å²) in [6, 6.07) is 4.47. The summed E-state index contributed by atoms with van der Waals surface area (Å²) in [5.74, 6) is 1.97. The second kappa shape index (κ2) is 8.22. The predicted molar refractivity (Wildman–Crippen MR) is 111 cm³/mol. The number of piperidine rings is 1. The number of rotatable bonds is 6. The third-order valence-corrected chi connectivity index (χ3v) is 5.49. The van der Waals surface area contributed by atoms with Crippen LogP contribution in [0.15, 0.2) is 30.7 Å². The number of anilines is 1. The Morgan fingerprint density at radius 1 is 1.11 bits per heavy atom. The highest BCUT2D eigenvalue weighted by atomic mass is 15.3. The van der Waals surface area contributed by atoms with E-state index in [0.717, 1.165) is 42.3 Å². The van der Waals surface area contributed by atoms with Gasteiger partial charge in [-0.15, -0.1) is 0 Å². The van der Waals surface area contributed by atoms with E-state index >= 15 is 0 Å². The van der Waals surface area contributed by atoms with Gasteiger partial charge in [0.1, 0.15) is 11.6 Å². The molecule has 0 saturated carbocycles. The van der Waals surface area contributed by atoms with Gasteiger partial charge >= 0.3 is 0 Å². The molecule has 3 aromatic heterocycles. The van der Waals surface area contributed by atoms with Gasteiger partial charge in [-0.25, -0.2) is 9.97 Å². The number of nitrogens with zero attached hydrogens (tertiary/aromatic N) is 6. The summed E-state index contributed by atoms with van der Waals surface area (Å²) in [6.07, 6.45) is 9.51. The number of hydrogen-bond acceptors (Lipinski definition) is 6. The molecule has 1 fully saturated rings. The lowest BCUT2D eigenvalue weighted by molar-refractivity contribution is 0.170. The van der Waals surface area contributed by atoms with Crippen molar-refractivity contribution in [3.63, 3.8) is 0 Å². The number of pyridine rings is 1. The molecule has 4 heterocycles. The third kappa shape index (κ3) is 3.85. The molecule has 7 nitrogen and oxygen atoms in total.